The first kappa shape index (κ1) is 8.70. The van der Waals surface area contributed by atoms with Crippen LogP contribution in [0.5, 0.6) is 0 Å². The highest BCUT2D eigenvalue weighted by Gasteiger charge is 2.07. The van der Waals surface area contributed by atoms with Crippen molar-refractivity contribution >= 4 is 21.6 Å². The Kier molecular flexibility index (Phi) is 2.08. The van der Waals surface area contributed by atoms with E-state index in [1.165, 1.54) is 10.3 Å². The Balaban J connectivity index is 2.75. The second kappa shape index (κ2) is 3.11. The molecule has 1 heterocycles. The summed E-state index contributed by atoms with van der Waals surface area (Å²) >= 11 is 1.80. The van der Waals surface area contributed by atoms with Crippen molar-refractivity contribution in [3.05, 3.63) is 28.8 Å². The molecule has 1 aromatic heterocycles. The maximum atomic E-state index is 4.47. The van der Waals surface area contributed by atoms with Gasteiger partial charge < -0.3 is 0 Å². The normalized spacial score (nSPS) is 11.4. The van der Waals surface area contributed by atoms with Gasteiger partial charge in [0.05, 0.1) is 15.2 Å². The summed E-state index contributed by atoms with van der Waals surface area (Å²) in [6, 6.07) is 6.38. The van der Waals surface area contributed by atoms with Crippen molar-refractivity contribution in [2.75, 3.05) is 0 Å². The van der Waals surface area contributed by atoms with Crippen molar-refractivity contribution in [3.63, 3.8) is 0 Å². The fraction of sp³-hybridized carbons (Fsp3) is 0.364. The van der Waals surface area contributed by atoms with E-state index in [9.17, 15) is 0 Å². The zero-order valence-corrected chi connectivity index (χ0v) is 8.98. The summed E-state index contributed by atoms with van der Waals surface area (Å²) in [6.45, 7) is 6.52. The zero-order chi connectivity index (χ0) is 9.42. The molecule has 0 unspecified atom stereocenters. The van der Waals surface area contributed by atoms with Crippen molar-refractivity contribution in [3.8, 4) is 0 Å². The number of aromatic nitrogens is 1. The Morgan fingerprint density at radius 1 is 1.31 bits per heavy atom. The molecule has 1 aromatic carbocycles. The lowest BCUT2D eigenvalue weighted by atomic mass is 10.0. The van der Waals surface area contributed by atoms with E-state index in [0.29, 0.717) is 5.92 Å². The number of fused-ring (bicyclic) bond motifs is 1. The van der Waals surface area contributed by atoms with E-state index in [0.717, 1.165) is 10.5 Å². The Hall–Kier alpha value is -0.890. The van der Waals surface area contributed by atoms with Crippen molar-refractivity contribution in [2.45, 2.75) is 26.7 Å². The number of nitrogens with zero attached hydrogens (tertiary/aromatic N) is 1. The quantitative estimate of drug-likeness (QED) is 0.669. The Morgan fingerprint density at radius 3 is 2.77 bits per heavy atom. The average Bonchev–Trinajstić information content (AvgIpc) is 2.43. The predicted molar refractivity (Wildman–Crippen MR) is 58.4 cm³/mol. The molecular weight excluding hydrogens is 178 g/mol. The van der Waals surface area contributed by atoms with Gasteiger partial charge in [0.2, 0.25) is 0 Å². The van der Waals surface area contributed by atoms with Crippen LogP contribution in [0.4, 0.5) is 0 Å². The van der Waals surface area contributed by atoms with Gasteiger partial charge in [-0.2, -0.15) is 0 Å². The van der Waals surface area contributed by atoms with Crippen LogP contribution in [0.25, 0.3) is 10.2 Å². The first-order valence-electron chi connectivity index (χ1n) is 4.54. The van der Waals surface area contributed by atoms with E-state index in [4.69, 9.17) is 0 Å². The predicted octanol–water partition coefficient (Wildman–Crippen LogP) is 3.73. The molecular formula is C11H13NS. The molecule has 0 bridgehead atoms. The average molecular weight is 191 g/mol. The molecule has 0 fully saturated rings. The molecule has 0 aliphatic heterocycles. The zero-order valence-electron chi connectivity index (χ0n) is 8.16. The van der Waals surface area contributed by atoms with Crippen LogP contribution in [0.2, 0.25) is 0 Å². The second-order valence-corrected chi connectivity index (χ2v) is 4.79. The van der Waals surface area contributed by atoms with Crippen LogP contribution in [0.15, 0.2) is 18.2 Å². The number of hydrogen-bond donors (Lipinski definition) is 0. The van der Waals surface area contributed by atoms with Gasteiger partial charge in [0.1, 0.15) is 0 Å². The number of thiazole rings is 1. The summed E-state index contributed by atoms with van der Waals surface area (Å²) in [6.07, 6.45) is 0. The molecule has 2 heteroatoms. The van der Waals surface area contributed by atoms with Crippen LogP contribution in [-0.2, 0) is 0 Å². The molecule has 13 heavy (non-hydrogen) atoms. The molecule has 0 radical (unpaired) electrons. The van der Waals surface area contributed by atoms with Gasteiger partial charge in [0.15, 0.2) is 0 Å². The monoisotopic (exact) mass is 191 g/mol. The highest BCUT2D eigenvalue weighted by molar-refractivity contribution is 7.18. The van der Waals surface area contributed by atoms with Gasteiger partial charge in [-0.3, -0.25) is 0 Å². The minimum atomic E-state index is 0.587. The van der Waals surface area contributed by atoms with Gasteiger partial charge in [-0.1, -0.05) is 26.0 Å². The lowest BCUT2D eigenvalue weighted by molar-refractivity contribution is 0.878. The molecule has 0 amide bonds. The van der Waals surface area contributed by atoms with E-state index in [1.54, 1.807) is 11.3 Å². The van der Waals surface area contributed by atoms with Gasteiger partial charge in [0.25, 0.3) is 0 Å². The van der Waals surface area contributed by atoms with Gasteiger partial charge >= 0.3 is 0 Å². The summed E-state index contributed by atoms with van der Waals surface area (Å²) in [7, 11) is 0. The highest BCUT2D eigenvalue weighted by Crippen LogP contribution is 2.29. The minimum Gasteiger partial charge on any atom is -0.242 e. The van der Waals surface area contributed by atoms with E-state index in [-0.39, 0.29) is 0 Å². The maximum absolute atomic E-state index is 4.47. The van der Waals surface area contributed by atoms with Crippen molar-refractivity contribution < 1.29 is 0 Å². The van der Waals surface area contributed by atoms with Gasteiger partial charge in [-0.05, 0) is 24.5 Å². The summed E-state index contributed by atoms with van der Waals surface area (Å²) in [5, 5.41) is 1.16. The highest BCUT2D eigenvalue weighted by atomic mass is 32.1. The van der Waals surface area contributed by atoms with Crippen LogP contribution in [0, 0.1) is 6.92 Å². The third kappa shape index (κ3) is 1.46. The number of rotatable bonds is 1. The van der Waals surface area contributed by atoms with Crippen LogP contribution >= 0.6 is 11.3 Å². The van der Waals surface area contributed by atoms with Gasteiger partial charge in [-0.25, -0.2) is 4.98 Å². The molecule has 0 saturated heterocycles. The summed E-state index contributed by atoms with van der Waals surface area (Å²) in [5.41, 5.74) is 2.57. The first-order chi connectivity index (χ1) is 6.18. The lowest BCUT2D eigenvalue weighted by Gasteiger charge is -2.04. The summed E-state index contributed by atoms with van der Waals surface area (Å²) < 4.78 is 1.36. The molecule has 0 N–H and O–H groups in total. The SMILES string of the molecule is Cc1nc2cccc(C(C)C)c2s1. The Morgan fingerprint density at radius 2 is 2.08 bits per heavy atom. The molecule has 68 valence electrons. The first-order valence-corrected chi connectivity index (χ1v) is 5.36. The molecule has 0 aliphatic carbocycles. The molecule has 0 spiro atoms. The van der Waals surface area contributed by atoms with Crippen LogP contribution in [0.3, 0.4) is 0 Å². The third-order valence-corrected chi connectivity index (χ3v) is 3.21. The van der Waals surface area contributed by atoms with Crippen molar-refractivity contribution in [1.29, 1.82) is 0 Å². The topological polar surface area (TPSA) is 12.9 Å². The molecule has 2 aromatic rings. The van der Waals surface area contributed by atoms with E-state index in [2.05, 4.69) is 44.0 Å². The fourth-order valence-electron chi connectivity index (χ4n) is 1.54. The minimum absolute atomic E-state index is 0.587. The number of hydrogen-bond acceptors (Lipinski definition) is 2. The van der Waals surface area contributed by atoms with Crippen LogP contribution < -0.4 is 0 Å². The third-order valence-electron chi connectivity index (χ3n) is 2.17. The largest absolute Gasteiger partial charge is 0.242 e. The fourth-order valence-corrected chi connectivity index (χ4v) is 2.62. The van der Waals surface area contributed by atoms with E-state index in [1.807, 2.05) is 0 Å². The van der Waals surface area contributed by atoms with E-state index >= 15 is 0 Å². The smallest absolute Gasteiger partial charge is 0.0907 e. The second-order valence-electron chi connectivity index (χ2n) is 3.58. The standard InChI is InChI=1S/C11H13NS/c1-7(2)9-5-4-6-10-11(9)13-8(3)12-10/h4-7H,1-3H3. The Bertz CT molecular complexity index is 429. The summed E-state index contributed by atoms with van der Waals surface area (Å²) in [5.74, 6) is 0.587. The number of benzene rings is 1. The van der Waals surface area contributed by atoms with Gasteiger partial charge in [0, 0.05) is 0 Å². The number of aryl methyl sites for hydroxylation is 1. The Labute approximate surface area is 82.4 Å². The molecule has 0 aliphatic rings. The molecule has 0 atom stereocenters. The van der Waals surface area contributed by atoms with Crippen molar-refractivity contribution in [2.24, 2.45) is 0 Å². The molecule has 1 nitrogen and oxygen atoms in total. The molecule has 2 rings (SSSR count). The van der Waals surface area contributed by atoms with Crippen molar-refractivity contribution in [1.82, 2.24) is 4.98 Å². The van der Waals surface area contributed by atoms with E-state index < -0.39 is 0 Å². The maximum Gasteiger partial charge on any atom is 0.0907 e. The lowest BCUT2D eigenvalue weighted by Crippen LogP contribution is -1.85. The van der Waals surface area contributed by atoms with Crippen LogP contribution in [0.1, 0.15) is 30.3 Å². The summed E-state index contributed by atoms with van der Waals surface area (Å²) in [4.78, 5) is 4.47. The van der Waals surface area contributed by atoms with Crippen LogP contribution in [-0.4, -0.2) is 4.98 Å². The molecule has 0 saturated carbocycles. The van der Waals surface area contributed by atoms with Gasteiger partial charge in [-0.15, -0.1) is 11.3 Å².